The number of aromatic amines is 2. The van der Waals surface area contributed by atoms with Crippen molar-refractivity contribution in [1.82, 2.24) is 29.2 Å². The minimum atomic E-state index is 0.542. The molecule has 0 amide bonds. The molecule has 22 heavy (non-hydrogen) atoms. The Kier molecular flexibility index (Phi) is 2.49. The number of hydrogen-bond donors (Lipinski definition) is 2. The fourth-order valence-electron chi connectivity index (χ4n) is 3.40. The van der Waals surface area contributed by atoms with E-state index in [-0.39, 0.29) is 0 Å². The molecule has 0 bridgehead atoms. The number of fused-ring (bicyclic) bond motifs is 8. The number of aromatic nitrogens is 6. The first kappa shape index (κ1) is 12.9. The Balaban J connectivity index is 2.13. The fraction of sp³-hybridized carbons (Fsp3) is 0.385. The van der Waals surface area contributed by atoms with Gasteiger partial charge in [0.25, 0.3) is 0 Å². The van der Waals surface area contributed by atoms with Gasteiger partial charge in [-0.1, -0.05) is 6.92 Å². The first-order valence-electron chi connectivity index (χ1n) is 7.15. The first-order chi connectivity index (χ1) is 10.6. The highest BCUT2D eigenvalue weighted by molar-refractivity contribution is 7.71. The van der Waals surface area contributed by atoms with E-state index in [0.717, 1.165) is 29.2 Å². The van der Waals surface area contributed by atoms with Gasteiger partial charge in [0.15, 0.2) is 5.65 Å². The third kappa shape index (κ3) is 1.48. The number of rotatable bonds is 0. The second-order valence-corrected chi connectivity index (χ2v) is 7.74. The summed E-state index contributed by atoms with van der Waals surface area (Å²) < 4.78 is 4.99. The molecule has 4 heterocycles. The van der Waals surface area contributed by atoms with Crippen LogP contribution in [0.15, 0.2) is 0 Å². The summed E-state index contributed by atoms with van der Waals surface area (Å²) in [6.07, 6.45) is 3.42. The van der Waals surface area contributed by atoms with E-state index in [1.54, 1.807) is 0 Å². The Morgan fingerprint density at radius 1 is 1.18 bits per heavy atom. The number of nitrogens with zero attached hydrogens (tertiary/aromatic N) is 4. The highest BCUT2D eigenvalue weighted by Crippen LogP contribution is 2.39. The van der Waals surface area contributed by atoms with E-state index in [9.17, 15) is 0 Å². The van der Waals surface area contributed by atoms with Gasteiger partial charge in [-0.2, -0.15) is 5.10 Å². The summed E-state index contributed by atoms with van der Waals surface area (Å²) in [5.41, 5.74) is 2.26. The minimum absolute atomic E-state index is 0.542. The van der Waals surface area contributed by atoms with E-state index in [1.165, 1.54) is 22.2 Å². The van der Waals surface area contributed by atoms with Gasteiger partial charge in [-0.05, 0) is 55.2 Å². The van der Waals surface area contributed by atoms with Crippen LogP contribution in [0.5, 0.6) is 0 Å². The summed E-state index contributed by atoms with van der Waals surface area (Å²) in [4.78, 5) is 2.56. The van der Waals surface area contributed by atoms with Gasteiger partial charge in [0.05, 0.1) is 5.39 Å². The molecule has 0 saturated carbocycles. The third-order valence-electron chi connectivity index (χ3n) is 4.45. The molecule has 1 aliphatic carbocycles. The van der Waals surface area contributed by atoms with Crippen LogP contribution in [0.25, 0.3) is 21.6 Å². The quantitative estimate of drug-likeness (QED) is 0.478. The zero-order valence-electron chi connectivity index (χ0n) is 11.7. The second kappa shape index (κ2) is 4.24. The zero-order valence-corrected chi connectivity index (χ0v) is 14.2. The Labute approximate surface area is 138 Å². The molecule has 4 aromatic heterocycles. The lowest BCUT2D eigenvalue weighted by Crippen LogP contribution is -2.08. The lowest BCUT2D eigenvalue weighted by Gasteiger charge is -2.17. The van der Waals surface area contributed by atoms with Gasteiger partial charge >= 0.3 is 0 Å². The first-order valence-corrected chi connectivity index (χ1v) is 8.79. The number of H-pyrrole nitrogens is 2. The summed E-state index contributed by atoms with van der Waals surface area (Å²) >= 11 is 12.6. The topological polar surface area (TPSA) is 66.2 Å². The van der Waals surface area contributed by atoms with Crippen molar-refractivity contribution in [3.05, 3.63) is 20.0 Å². The van der Waals surface area contributed by atoms with Crippen LogP contribution < -0.4 is 0 Å². The van der Waals surface area contributed by atoms with Crippen molar-refractivity contribution in [2.75, 3.05) is 0 Å². The van der Waals surface area contributed by atoms with Gasteiger partial charge in [-0.15, -0.1) is 16.4 Å². The predicted octanol–water partition coefficient (Wildman–Crippen LogP) is 3.44. The van der Waals surface area contributed by atoms with Crippen molar-refractivity contribution < 1.29 is 0 Å². The van der Waals surface area contributed by atoms with Crippen molar-refractivity contribution >= 4 is 57.4 Å². The third-order valence-corrected chi connectivity index (χ3v) is 6.23. The molecular weight excluding hydrogens is 336 g/mol. The zero-order chi connectivity index (χ0) is 15.0. The highest BCUT2D eigenvalue weighted by atomic mass is 32.1. The second-order valence-electron chi connectivity index (χ2n) is 5.88. The van der Waals surface area contributed by atoms with Crippen LogP contribution in [-0.4, -0.2) is 29.2 Å². The van der Waals surface area contributed by atoms with E-state index in [1.807, 2.05) is 20.1 Å². The summed E-state index contributed by atoms with van der Waals surface area (Å²) in [6.45, 7) is 2.31. The van der Waals surface area contributed by atoms with Crippen molar-refractivity contribution in [3.63, 3.8) is 0 Å². The van der Waals surface area contributed by atoms with Crippen LogP contribution >= 0.6 is 35.8 Å². The SMILES string of the molecule is C[C@@H]1CCc2c(sc3c2c2n[nH]c(=S)n2c2n[nH]c(=S)n32)C1. The van der Waals surface area contributed by atoms with E-state index in [0.29, 0.717) is 15.3 Å². The highest BCUT2D eigenvalue weighted by Gasteiger charge is 2.25. The lowest BCUT2D eigenvalue weighted by molar-refractivity contribution is 0.509. The van der Waals surface area contributed by atoms with E-state index < -0.39 is 0 Å². The van der Waals surface area contributed by atoms with Gasteiger partial charge in [-0.3, -0.25) is 5.10 Å². The molecule has 112 valence electrons. The molecule has 1 aliphatic rings. The molecule has 0 saturated heterocycles. The summed E-state index contributed by atoms with van der Waals surface area (Å²) in [7, 11) is 0. The van der Waals surface area contributed by atoms with Crippen LogP contribution in [0.1, 0.15) is 23.8 Å². The molecular formula is C13H12N6S3. The lowest BCUT2D eigenvalue weighted by atomic mass is 9.89. The average molecular weight is 348 g/mol. The number of nitrogens with one attached hydrogen (secondary N) is 2. The van der Waals surface area contributed by atoms with Gasteiger partial charge < -0.3 is 0 Å². The molecule has 9 heteroatoms. The molecule has 4 aromatic rings. The molecule has 0 fully saturated rings. The van der Waals surface area contributed by atoms with Crippen molar-refractivity contribution in [3.8, 4) is 0 Å². The summed E-state index contributed by atoms with van der Waals surface area (Å²) in [6, 6.07) is 0. The molecule has 1 atom stereocenters. The number of hydrogen-bond acceptors (Lipinski definition) is 5. The van der Waals surface area contributed by atoms with Gasteiger partial charge in [-0.25, -0.2) is 13.9 Å². The number of thiophene rings is 1. The Bertz CT molecular complexity index is 1170. The average Bonchev–Trinajstić information content (AvgIpc) is 3.14. The van der Waals surface area contributed by atoms with Crippen LogP contribution in [0.4, 0.5) is 0 Å². The Hall–Kier alpha value is -1.58. The van der Waals surface area contributed by atoms with E-state index >= 15 is 0 Å². The molecule has 5 rings (SSSR count). The van der Waals surface area contributed by atoms with Gasteiger partial charge in [0, 0.05) is 4.88 Å². The van der Waals surface area contributed by atoms with Gasteiger partial charge in [0.2, 0.25) is 15.3 Å². The summed E-state index contributed by atoms with van der Waals surface area (Å²) in [5, 5.41) is 15.7. The van der Waals surface area contributed by atoms with Crippen molar-refractivity contribution in [2.24, 2.45) is 5.92 Å². The van der Waals surface area contributed by atoms with E-state index in [4.69, 9.17) is 24.4 Å². The largest absolute Gasteiger partial charge is 0.251 e. The maximum Gasteiger partial charge on any atom is 0.243 e. The standard InChI is InChI=1S/C13H12N6S3/c1-5-2-3-6-7(4-5)22-10-8(6)9-14-16-12(20)18(9)11-15-17-13(21)19(10)11/h5H,2-4H2,1H3,(H,16,20)(H,17,21)/t5-/m1/s1. The molecule has 0 radical (unpaired) electrons. The van der Waals surface area contributed by atoms with Gasteiger partial charge in [0.1, 0.15) is 4.83 Å². The normalized spacial score (nSPS) is 18.5. The smallest absolute Gasteiger partial charge is 0.243 e. The molecule has 0 aliphatic heterocycles. The monoisotopic (exact) mass is 348 g/mol. The maximum atomic E-state index is 5.43. The minimum Gasteiger partial charge on any atom is -0.251 e. The number of aryl methyl sites for hydroxylation is 1. The van der Waals surface area contributed by atoms with Crippen LogP contribution in [0, 0.1) is 15.5 Å². The predicted molar refractivity (Wildman–Crippen MR) is 90.9 cm³/mol. The van der Waals surface area contributed by atoms with Crippen molar-refractivity contribution in [1.29, 1.82) is 0 Å². The maximum absolute atomic E-state index is 5.43. The molecule has 0 unspecified atom stereocenters. The van der Waals surface area contributed by atoms with Crippen LogP contribution in [-0.2, 0) is 12.8 Å². The molecule has 6 nitrogen and oxygen atoms in total. The van der Waals surface area contributed by atoms with E-state index in [2.05, 4.69) is 27.3 Å². The van der Waals surface area contributed by atoms with Crippen LogP contribution in [0.2, 0.25) is 0 Å². The molecule has 0 aromatic carbocycles. The Morgan fingerprint density at radius 3 is 2.82 bits per heavy atom. The molecule has 2 N–H and O–H groups in total. The van der Waals surface area contributed by atoms with Crippen molar-refractivity contribution in [2.45, 2.75) is 26.2 Å². The summed E-state index contributed by atoms with van der Waals surface area (Å²) in [5.74, 6) is 1.42. The van der Waals surface area contributed by atoms with Crippen LogP contribution in [0.3, 0.4) is 0 Å². The fourth-order valence-corrected chi connectivity index (χ4v) is 5.40. The molecule has 0 spiro atoms. The Morgan fingerprint density at radius 2 is 1.95 bits per heavy atom.